The summed E-state index contributed by atoms with van der Waals surface area (Å²) in [5.41, 5.74) is 2.10. The summed E-state index contributed by atoms with van der Waals surface area (Å²) in [5, 5.41) is 12.8. The number of benzene rings is 2. The van der Waals surface area contributed by atoms with Crippen molar-refractivity contribution in [2.75, 3.05) is 6.61 Å². The molecule has 0 N–H and O–H groups in total. The van der Waals surface area contributed by atoms with Crippen LogP contribution in [-0.4, -0.2) is 17.5 Å². The molecule has 0 bridgehead atoms. The molecule has 23 heavy (non-hydrogen) atoms. The molecule has 4 heteroatoms. The Labute approximate surface area is 136 Å². The first-order valence-electron chi connectivity index (χ1n) is 7.83. The highest BCUT2D eigenvalue weighted by Crippen LogP contribution is 2.26. The predicted molar refractivity (Wildman–Crippen MR) is 88.5 cm³/mol. The van der Waals surface area contributed by atoms with Crippen molar-refractivity contribution in [1.82, 2.24) is 0 Å². The number of hydrogen-bond donors (Lipinski definition) is 0. The Hall–Kier alpha value is -1.98. The van der Waals surface area contributed by atoms with Gasteiger partial charge < -0.3 is 9.94 Å². The number of quaternary nitrogens is 1. The molecule has 0 amide bonds. The number of ether oxygens (including phenoxy) is 1. The lowest BCUT2D eigenvalue weighted by Crippen LogP contribution is -2.45. The fourth-order valence-corrected chi connectivity index (χ4v) is 2.59. The van der Waals surface area contributed by atoms with Gasteiger partial charge >= 0.3 is 0 Å². The molecule has 2 atom stereocenters. The second-order valence-electron chi connectivity index (χ2n) is 5.68. The summed E-state index contributed by atoms with van der Waals surface area (Å²) in [5.74, 6) is 0. The monoisotopic (exact) mass is 311 g/mol. The van der Waals surface area contributed by atoms with E-state index in [0.29, 0.717) is 26.2 Å². The Balaban J connectivity index is 1.51. The summed E-state index contributed by atoms with van der Waals surface area (Å²) in [6, 6.07) is 19.4. The maximum absolute atomic E-state index is 12.8. The standard InChI is InChI=1S/C19H21NO3/c21-20(23-15-18-10-5-2-6-11-18)13-7-12-19(20)16-22-14-17-8-3-1-4-9-17/h1-11,13,19H,12,14-16H2. The SMILES string of the molecule is [O-][N+]1(OCc2ccccc2)C=CCC1COCc1ccccc1. The zero-order chi connectivity index (χ0) is 16.0. The van der Waals surface area contributed by atoms with Gasteiger partial charge in [0, 0.05) is 6.42 Å². The topological polar surface area (TPSA) is 41.5 Å². The van der Waals surface area contributed by atoms with Crippen LogP contribution in [0.4, 0.5) is 0 Å². The van der Waals surface area contributed by atoms with Crippen LogP contribution in [0.3, 0.4) is 0 Å². The molecular formula is C19H21NO3. The third kappa shape index (κ3) is 4.27. The van der Waals surface area contributed by atoms with Crippen molar-refractivity contribution < 1.29 is 14.4 Å². The minimum absolute atomic E-state index is 0.248. The first-order valence-corrected chi connectivity index (χ1v) is 7.83. The van der Waals surface area contributed by atoms with Crippen molar-refractivity contribution in [2.45, 2.75) is 25.7 Å². The van der Waals surface area contributed by atoms with Crippen molar-refractivity contribution in [2.24, 2.45) is 0 Å². The molecular weight excluding hydrogens is 290 g/mol. The van der Waals surface area contributed by atoms with Crippen LogP contribution < -0.4 is 0 Å². The van der Waals surface area contributed by atoms with E-state index in [0.717, 1.165) is 11.1 Å². The van der Waals surface area contributed by atoms with Crippen molar-refractivity contribution in [1.29, 1.82) is 0 Å². The van der Waals surface area contributed by atoms with Gasteiger partial charge in [0.2, 0.25) is 0 Å². The van der Waals surface area contributed by atoms with E-state index in [2.05, 4.69) is 0 Å². The Kier molecular flexibility index (Phi) is 5.20. The molecule has 1 aliphatic heterocycles. The number of rotatable bonds is 7. The van der Waals surface area contributed by atoms with Gasteiger partial charge in [0.05, 0.1) is 6.61 Å². The number of nitrogens with zero attached hydrogens (tertiary/aromatic N) is 1. The zero-order valence-electron chi connectivity index (χ0n) is 13.0. The first-order chi connectivity index (χ1) is 11.3. The van der Waals surface area contributed by atoms with Gasteiger partial charge in [0.15, 0.2) is 6.04 Å². The van der Waals surface area contributed by atoms with Crippen LogP contribution in [0.15, 0.2) is 72.9 Å². The summed E-state index contributed by atoms with van der Waals surface area (Å²) < 4.78 is 5.72. The minimum Gasteiger partial charge on any atom is -0.593 e. The van der Waals surface area contributed by atoms with E-state index in [4.69, 9.17) is 9.57 Å². The Morgan fingerprint density at radius 2 is 1.52 bits per heavy atom. The Bertz CT molecular complexity index is 630. The second-order valence-corrected chi connectivity index (χ2v) is 5.68. The van der Waals surface area contributed by atoms with E-state index < -0.39 is 4.81 Å². The highest BCUT2D eigenvalue weighted by molar-refractivity contribution is 5.14. The summed E-state index contributed by atoms with van der Waals surface area (Å²) in [4.78, 5) is 4.83. The van der Waals surface area contributed by atoms with Crippen molar-refractivity contribution in [3.63, 3.8) is 0 Å². The Morgan fingerprint density at radius 3 is 2.17 bits per heavy atom. The Morgan fingerprint density at radius 1 is 0.913 bits per heavy atom. The van der Waals surface area contributed by atoms with Crippen LogP contribution in [0.2, 0.25) is 0 Å². The van der Waals surface area contributed by atoms with Gasteiger partial charge in [-0.15, -0.1) is 0 Å². The third-order valence-electron chi connectivity index (χ3n) is 3.93. The molecule has 1 aliphatic rings. The normalized spacial score (nSPS) is 23.3. The average molecular weight is 311 g/mol. The molecule has 3 rings (SSSR count). The largest absolute Gasteiger partial charge is 0.593 e. The van der Waals surface area contributed by atoms with Gasteiger partial charge in [-0.25, -0.2) is 0 Å². The zero-order valence-corrected chi connectivity index (χ0v) is 13.0. The quantitative estimate of drug-likeness (QED) is 0.574. The van der Waals surface area contributed by atoms with E-state index in [1.807, 2.05) is 66.7 Å². The molecule has 1 heterocycles. The van der Waals surface area contributed by atoms with Crippen LogP contribution in [0, 0.1) is 5.21 Å². The van der Waals surface area contributed by atoms with E-state index >= 15 is 0 Å². The molecule has 2 aromatic rings. The van der Waals surface area contributed by atoms with E-state index in [-0.39, 0.29) is 6.04 Å². The highest BCUT2D eigenvalue weighted by atomic mass is 16.9. The third-order valence-corrected chi connectivity index (χ3v) is 3.93. The molecule has 0 spiro atoms. The molecule has 2 aromatic carbocycles. The molecule has 0 saturated carbocycles. The molecule has 4 nitrogen and oxygen atoms in total. The summed E-state index contributed by atoms with van der Waals surface area (Å²) in [7, 11) is 0. The lowest BCUT2D eigenvalue weighted by atomic mass is 10.2. The highest BCUT2D eigenvalue weighted by Gasteiger charge is 2.33. The van der Waals surface area contributed by atoms with Crippen LogP contribution in [0.5, 0.6) is 0 Å². The first kappa shape index (κ1) is 15.9. The molecule has 0 aliphatic carbocycles. The maximum atomic E-state index is 12.8. The molecule has 120 valence electrons. The second kappa shape index (κ2) is 7.53. The lowest BCUT2D eigenvalue weighted by molar-refractivity contribution is -1.05. The maximum Gasteiger partial charge on any atom is 0.150 e. The molecule has 0 fully saturated rings. The van der Waals surface area contributed by atoms with Gasteiger partial charge in [-0.1, -0.05) is 60.7 Å². The van der Waals surface area contributed by atoms with Gasteiger partial charge in [0.25, 0.3) is 0 Å². The smallest absolute Gasteiger partial charge is 0.150 e. The van der Waals surface area contributed by atoms with E-state index in [9.17, 15) is 5.21 Å². The molecule has 0 aromatic heterocycles. The van der Waals surface area contributed by atoms with E-state index in [1.54, 1.807) is 6.20 Å². The minimum atomic E-state index is -0.774. The van der Waals surface area contributed by atoms with Crippen molar-refractivity contribution in [3.8, 4) is 0 Å². The van der Waals surface area contributed by atoms with Crippen LogP contribution in [0.1, 0.15) is 17.5 Å². The number of hydrogen-bond acceptors (Lipinski definition) is 3. The van der Waals surface area contributed by atoms with Crippen LogP contribution in [-0.2, 0) is 22.8 Å². The summed E-state index contributed by atoms with van der Waals surface area (Å²) in [6.07, 6.45) is 4.11. The fourth-order valence-electron chi connectivity index (χ4n) is 2.59. The van der Waals surface area contributed by atoms with Gasteiger partial charge in [-0.3, -0.25) is 0 Å². The van der Waals surface area contributed by atoms with Crippen molar-refractivity contribution in [3.05, 3.63) is 89.3 Å². The number of hydroxylamine groups is 4. The van der Waals surface area contributed by atoms with Crippen molar-refractivity contribution >= 4 is 0 Å². The summed E-state index contributed by atoms with van der Waals surface area (Å²) >= 11 is 0. The molecule has 2 unspecified atom stereocenters. The van der Waals surface area contributed by atoms with E-state index in [1.165, 1.54) is 0 Å². The van der Waals surface area contributed by atoms with Gasteiger partial charge in [0.1, 0.15) is 19.4 Å². The molecule has 0 saturated heterocycles. The van der Waals surface area contributed by atoms with Gasteiger partial charge in [-0.05, 0) is 17.2 Å². The summed E-state index contributed by atoms with van der Waals surface area (Å²) in [6.45, 7) is 1.18. The predicted octanol–water partition coefficient (Wildman–Crippen LogP) is 3.94. The lowest BCUT2D eigenvalue weighted by Gasteiger charge is -2.38. The van der Waals surface area contributed by atoms with Crippen LogP contribution in [0.25, 0.3) is 0 Å². The fraction of sp³-hybridized carbons (Fsp3) is 0.263. The molecule has 0 radical (unpaired) electrons. The average Bonchev–Trinajstić information content (AvgIpc) is 2.96. The van der Waals surface area contributed by atoms with Crippen LogP contribution >= 0.6 is 0 Å². The van der Waals surface area contributed by atoms with Gasteiger partial charge in [-0.2, -0.15) is 9.65 Å².